The number of H-pyrrole nitrogens is 1. The Kier molecular flexibility index (Phi) is 4.96. The maximum Gasteiger partial charge on any atom is 0.338 e. The molecular formula is C21H22N4O7. The van der Waals surface area contributed by atoms with Crippen LogP contribution in [0.15, 0.2) is 41.7 Å². The van der Waals surface area contributed by atoms with Crippen LogP contribution in [0.25, 0.3) is 11.2 Å². The number of carbonyl (C=O) groups is 1. The van der Waals surface area contributed by atoms with Crippen molar-refractivity contribution in [3.05, 3.63) is 52.8 Å². The van der Waals surface area contributed by atoms with Crippen molar-refractivity contribution in [2.24, 2.45) is 0 Å². The highest BCUT2D eigenvalue weighted by atomic mass is 16.8. The Morgan fingerprint density at radius 2 is 1.94 bits per heavy atom. The fourth-order valence-corrected chi connectivity index (χ4v) is 4.03. The number of aromatic nitrogens is 4. The van der Waals surface area contributed by atoms with Gasteiger partial charge in [-0.15, -0.1) is 0 Å². The molecule has 0 spiro atoms. The molecule has 4 unspecified atom stereocenters. The fourth-order valence-electron chi connectivity index (χ4n) is 4.03. The summed E-state index contributed by atoms with van der Waals surface area (Å²) in [5.41, 5.74) is 0.601. The summed E-state index contributed by atoms with van der Waals surface area (Å²) in [7, 11) is 1.55. The number of fused-ring (bicyclic) bond motifs is 2. The third-order valence-electron chi connectivity index (χ3n) is 5.47. The second-order valence-electron chi connectivity index (χ2n) is 8.01. The molecule has 2 aliphatic rings. The zero-order valence-electron chi connectivity index (χ0n) is 17.7. The lowest BCUT2D eigenvalue weighted by Gasteiger charge is -2.24. The van der Waals surface area contributed by atoms with Crippen molar-refractivity contribution in [1.29, 1.82) is 0 Å². The number of benzene rings is 1. The molecule has 0 aliphatic carbocycles. The molecule has 4 heterocycles. The Morgan fingerprint density at radius 3 is 2.69 bits per heavy atom. The van der Waals surface area contributed by atoms with Crippen LogP contribution in [0, 0.1) is 0 Å². The lowest BCUT2D eigenvalue weighted by molar-refractivity contribution is -0.199. The van der Waals surface area contributed by atoms with Gasteiger partial charge in [0, 0.05) is 0 Å². The molecule has 1 aromatic carbocycles. The third kappa shape index (κ3) is 3.53. The topological polar surface area (TPSA) is 127 Å². The number of methoxy groups -OCH3 is 1. The molecule has 4 atom stereocenters. The number of hydrogen-bond acceptors (Lipinski definition) is 9. The summed E-state index contributed by atoms with van der Waals surface area (Å²) in [6.07, 6.45) is 0.541. The number of nitrogens with one attached hydrogen (secondary N) is 1. The predicted octanol–water partition coefficient (Wildman–Crippen LogP) is 1.40. The van der Waals surface area contributed by atoms with E-state index in [9.17, 15) is 9.59 Å². The molecular weight excluding hydrogens is 420 g/mol. The zero-order valence-corrected chi connectivity index (χ0v) is 17.7. The number of hydrogen-bond donors (Lipinski definition) is 1. The number of rotatable bonds is 5. The number of ether oxygens (including phenoxy) is 5. The maximum absolute atomic E-state index is 12.5. The monoisotopic (exact) mass is 442 g/mol. The molecule has 0 radical (unpaired) electrons. The zero-order chi connectivity index (χ0) is 22.5. The van der Waals surface area contributed by atoms with Crippen molar-refractivity contribution >= 4 is 17.1 Å². The summed E-state index contributed by atoms with van der Waals surface area (Å²) in [6, 6.07) is 6.62. The van der Waals surface area contributed by atoms with Gasteiger partial charge in [-0.25, -0.2) is 14.8 Å². The Bertz CT molecular complexity index is 1200. The molecule has 11 heteroatoms. The Morgan fingerprint density at radius 1 is 1.19 bits per heavy atom. The average Bonchev–Trinajstić information content (AvgIpc) is 3.43. The van der Waals surface area contributed by atoms with E-state index in [1.54, 1.807) is 49.8 Å². The van der Waals surface area contributed by atoms with Crippen molar-refractivity contribution < 1.29 is 28.5 Å². The summed E-state index contributed by atoms with van der Waals surface area (Å²) in [5, 5.41) is 0. The van der Waals surface area contributed by atoms with Crippen molar-refractivity contribution in [3.63, 3.8) is 0 Å². The first kappa shape index (κ1) is 20.6. The normalized spacial score (nSPS) is 26.2. The SMILES string of the molecule is COc1ccc(C(=O)OCC2OC(n3cnc4c(=O)[nH]cnc43)C3OC(C)(C)OC23)cc1. The van der Waals surface area contributed by atoms with Crippen molar-refractivity contribution in [1.82, 2.24) is 19.5 Å². The van der Waals surface area contributed by atoms with Gasteiger partial charge in [0.2, 0.25) is 0 Å². The summed E-state index contributed by atoms with van der Waals surface area (Å²) in [4.78, 5) is 35.4. The van der Waals surface area contributed by atoms with Crippen LogP contribution in [0.3, 0.4) is 0 Å². The van der Waals surface area contributed by atoms with Gasteiger partial charge in [0.25, 0.3) is 5.56 Å². The van der Waals surface area contributed by atoms with E-state index in [0.717, 1.165) is 0 Å². The molecule has 0 amide bonds. The van der Waals surface area contributed by atoms with Crippen LogP contribution in [0.1, 0.15) is 30.4 Å². The standard InChI is InChI=1S/C21H22N4O7/c1-21(2)31-15-13(8-29-20(27)11-4-6-12(28-3)7-5-11)30-19(16(15)32-21)25-10-24-14-17(25)22-9-23-18(14)26/h4-7,9-10,13,15-16,19H,8H2,1-3H3,(H,22,23,26). The third-order valence-corrected chi connectivity index (χ3v) is 5.47. The predicted molar refractivity (Wildman–Crippen MR) is 109 cm³/mol. The van der Waals surface area contributed by atoms with Crippen molar-refractivity contribution in [3.8, 4) is 5.75 Å². The number of aromatic amines is 1. The van der Waals surface area contributed by atoms with Crippen LogP contribution < -0.4 is 10.3 Å². The molecule has 168 valence electrons. The van der Waals surface area contributed by atoms with E-state index >= 15 is 0 Å². The quantitative estimate of drug-likeness (QED) is 0.583. The van der Waals surface area contributed by atoms with Crippen molar-refractivity contribution in [2.75, 3.05) is 13.7 Å². The Hall–Kier alpha value is -3.28. The summed E-state index contributed by atoms with van der Waals surface area (Å²) in [6.45, 7) is 3.57. The molecule has 2 fully saturated rings. The minimum Gasteiger partial charge on any atom is -0.497 e. The maximum atomic E-state index is 12.5. The fraction of sp³-hybridized carbons (Fsp3) is 0.429. The number of carbonyl (C=O) groups excluding carboxylic acids is 1. The lowest BCUT2D eigenvalue weighted by Crippen LogP contribution is -2.33. The van der Waals surface area contributed by atoms with Crippen molar-refractivity contribution in [2.45, 2.75) is 44.2 Å². The van der Waals surface area contributed by atoms with Gasteiger partial charge in [-0.3, -0.25) is 9.36 Å². The summed E-state index contributed by atoms with van der Waals surface area (Å²) >= 11 is 0. The van der Waals surface area contributed by atoms with Crippen LogP contribution in [0.4, 0.5) is 0 Å². The minimum absolute atomic E-state index is 0.0391. The highest BCUT2D eigenvalue weighted by Crippen LogP contribution is 2.43. The molecule has 5 rings (SSSR count). The van der Waals surface area contributed by atoms with Crippen LogP contribution in [0.5, 0.6) is 5.75 Å². The molecule has 1 N–H and O–H groups in total. The number of nitrogens with zero attached hydrogens (tertiary/aromatic N) is 3. The summed E-state index contributed by atoms with van der Waals surface area (Å²) in [5.74, 6) is -0.697. The van der Waals surface area contributed by atoms with Gasteiger partial charge in [-0.05, 0) is 38.1 Å². The molecule has 11 nitrogen and oxygen atoms in total. The van der Waals surface area contributed by atoms with E-state index in [2.05, 4.69) is 15.0 Å². The van der Waals surface area contributed by atoms with Gasteiger partial charge in [0.05, 0.1) is 25.3 Å². The molecule has 2 saturated heterocycles. The van der Waals surface area contributed by atoms with Crippen LogP contribution in [-0.2, 0) is 18.9 Å². The first-order chi connectivity index (χ1) is 15.4. The van der Waals surface area contributed by atoms with Gasteiger partial charge < -0.3 is 28.7 Å². The first-order valence-corrected chi connectivity index (χ1v) is 10.1. The first-order valence-electron chi connectivity index (χ1n) is 10.1. The molecule has 2 aliphatic heterocycles. The molecule has 32 heavy (non-hydrogen) atoms. The molecule has 3 aromatic rings. The van der Waals surface area contributed by atoms with E-state index in [0.29, 0.717) is 17.0 Å². The minimum atomic E-state index is -0.850. The number of imidazole rings is 1. The second-order valence-corrected chi connectivity index (χ2v) is 8.01. The van der Waals surface area contributed by atoms with E-state index in [-0.39, 0.29) is 17.7 Å². The van der Waals surface area contributed by atoms with Crippen LogP contribution in [-0.4, -0.2) is 63.3 Å². The van der Waals surface area contributed by atoms with Gasteiger partial charge in [-0.1, -0.05) is 0 Å². The molecule has 0 bridgehead atoms. The van der Waals surface area contributed by atoms with Gasteiger partial charge in [0.15, 0.2) is 23.2 Å². The van der Waals surface area contributed by atoms with E-state index in [1.165, 1.54) is 12.7 Å². The van der Waals surface area contributed by atoms with Gasteiger partial charge in [0.1, 0.15) is 30.7 Å². The van der Waals surface area contributed by atoms with Gasteiger partial charge in [-0.2, -0.15) is 0 Å². The average molecular weight is 442 g/mol. The second kappa shape index (κ2) is 7.69. The van der Waals surface area contributed by atoms with E-state index in [4.69, 9.17) is 23.7 Å². The molecule has 0 saturated carbocycles. The molecule has 2 aromatic heterocycles. The highest BCUT2D eigenvalue weighted by Gasteiger charge is 2.56. The van der Waals surface area contributed by atoms with E-state index < -0.39 is 36.3 Å². The van der Waals surface area contributed by atoms with Crippen LogP contribution in [0.2, 0.25) is 0 Å². The van der Waals surface area contributed by atoms with Crippen LogP contribution >= 0.6 is 0 Å². The highest BCUT2D eigenvalue weighted by molar-refractivity contribution is 5.89. The number of esters is 1. The Balaban J connectivity index is 1.37. The lowest BCUT2D eigenvalue weighted by atomic mass is 10.1. The summed E-state index contributed by atoms with van der Waals surface area (Å²) < 4.78 is 30.5. The van der Waals surface area contributed by atoms with Gasteiger partial charge >= 0.3 is 5.97 Å². The smallest absolute Gasteiger partial charge is 0.338 e. The Labute approximate surface area is 182 Å². The largest absolute Gasteiger partial charge is 0.497 e. The van der Waals surface area contributed by atoms with E-state index in [1.807, 2.05) is 0 Å².